The normalized spacial score (nSPS) is 11.9. The number of carbonyl (C=O) groups excluding carboxylic acids is 2. The van der Waals surface area contributed by atoms with Crippen molar-refractivity contribution in [2.45, 2.75) is 32.8 Å². The number of hydrogen-bond acceptors (Lipinski definition) is 6. The fourth-order valence-corrected chi connectivity index (χ4v) is 3.59. The van der Waals surface area contributed by atoms with Crippen LogP contribution >= 0.6 is 0 Å². The quantitative estimate of drug-likeness (QED) is 0.337. The van der Waals surface area contributed by atoms with Crippen LogP contribution in [0.1, 0.15) is 45.4 Å². The number of hydrogen-bond donors (Lipinski definition) is 0. The van der Waals surface area contributed by atoms with Crippen molar-refractivity contribution in [3.8, 4) is 0 Å². The molecule has 0 saturated carbocycles. The first kappa shape index (κ1) is 20.4. The van der Waals surface area contributed by atoms with Gasteiger partial charge < -0.3 is 4.74 Å². The van der Waals surface area contributed by atoms with Crippen LogP contribution < -0.4 is 0 Å². The second-order valence-corrected chi connectivity index (χ2v) is 7.24. The largest absolute Gasteiger partial charge is 0.449 e. The Kier molecular flexibility index (Phi) is 5.84. The predicted octanol–water partition coefficient (Wildman–Crippen LogP) is 3.84. The maximum absolute atomic E-state index is 13.1. The molecule has 2 aromatic heterocycles. The topological polar surface area (TPSA) is 86.4 Å². The molecule has 31 heavy (non-hydrogen) atoms. The zero-order valence-corrected chi connectivity index (χ0v) is 17.4. The van der Waals surface area contributed by atoms with Crippen LogP contribution in [0.25, 0.3) is 5.78 Å². The lowest BCUT2D eigenvalue weighted by Gasteiger charge is -2.18. The molecule has 1 atom stereocenters. The standard InChI is InChI=1S/C24H22N4O3/c1-16-20(17(2)28-24(27-16)25-15-26-28)13-14-21(29)31-23(19-11-7-4-8-12-19)22(30)18-9-5-3-6-10-18/h3-12,15,23H,13-14H2,1-2H3/t23-/m0/s1. The Morgan fingerprint density at radius 3 is 2.39 bits per heavy atom. The van der Waals surface area contributed by atoms with E-state index in [0.29, 0.717) is 23.3 Å². The monoisotopic (exact) mass is 414 g/mol. The highest BCUT2D eigenvalue weighted by Crippen LogP contribution is 2.24. The van der Waals surface area contributed by atoms with E-state index in [4.69, 9.17) is 4.74 Å². The summed E-state index contributed by atoms with van der Waals surface area (Å²) in [6, 6.07) is 17.9. The van der Waals surface area contributed by atoms with Gasteiger partial charge in [0.2, 0.25) is 5.78 Å². The van der Waals surface area contributed by atoms with Gasteiger partial charge in [-0.3, -0.25) is 9.59 Å². The summed E-state index contributed by atoms with van der Waals surface area (Å²) in [6.07, 6.45) is 1.01. The summed E-state index contributed by atoms with van der Waals surface area (Å²) in [6.45, 7) is 3.80. The molecule has 0 bridgehead atoms. The van der Waals surface area contributed by atoms with Gasteiger partial charge in [-0.05, 0) is 25.8 Å². The number of ether oxygens (including phenoxy) is 1. The molecule has 0 unspecified atom stereocenters. The van der Waals surface area contributed by atoms with E-state index in [1.807, 2.05) is 38.1 Å². The van der Waals surface area contributed by atoms with Crippen LogP contribution in [0.4, 0.5) is 0 Å². The number of rotatable bonds is 7. The van der Waals surface area contributed by atoms with Gasteiger partial charge in [-0.15, -0.1) is 0 Å². The molecule has 156 valence electrons. The Morgan fingerprint density at radius 1 is 1.00 bits per heavy atom. The number of carbonyl (C=O) groups is 2. The van der Waals surface area contributed by atoms with Gasteiger partial charge in [0.1, 0.15) is 6.33 Å². The van der Waals surface area contributed by atoms with Crippen LogP contribution in [-0.2, 0) is 16.0 Å². The Labute approximate surface area is 179 Å². The van der Waals surface area contributed by atoms with Gasteiger partial charge in [-0.2, -0.15) is 10.1 Å². The molecule has 2 heterocycles. The molecule has 4 aromatic rings. The minimum absolute atomic E-state index is 0.120. The zero-order chi connectivity index (χ0) is 21.8. The molecule has 0 radical (unpaired) electrons. The highest BCUT2D eigenvalue weighted by Gasteiger charge is 2.26. The minimum Gasteiger partial charge on any atom is -0.449 e. The molecule has 7 heteroatoms. The lowest BCUT2D eigenvalue weighted by atomic mass is 9.99. The molecule has 0 saturated heterocycles. The first-order valence-corrected chi connectivity index (χ1v) is 10.0. The number of ketones is 1. The number of esters is 1. The smallest absolute Gasteiger partial charge is 0.307 e. The predicted molar refractivity (Wildman–Crippen MR) is 115 cm³/mol. The summed E-state index contributed by atoms with van der Waals surface area (Å²) >= 11 is 0. The average Bonchev–Trinajstić information content (AvgIpc) is 3.26. The Hall–Kier alpha value is -3.87. The molecular formula is C24H22N4O3. The summed E-state index contributed by atoms with van der Waals surface area (Å²) in [5, 5.41) is 4.17. The van der Waals surface area contributed by atoms with Gasteiger partial charge in [0, 0.05) is 28.9 Å². The number of benzene rings is 2. The molecule has 0 aliphatic heterocycles. The van der Waals surface area contributed by atoms with Crippen molar-refractivity contribution >= 4 is 17.5 Å². The number of aryl methyl sites for hydroxylation is 2. The van der Waals surface area contributed by atoms with Crippen LogP contribution in [0.15, 0.2) is 67.0 Å². The van der Waals surface area contributed by atoms with Gasteiger partial charge >= 0.3 is 5.97 Å². The van der Waals surface area contributed by atoms with Crippen molar-refractivity contribution in [3.05, 3.63) is 95.1 Å². The Bertz CT molecular complexity index is 1220. The van der Waals surface area contributed by atoms with E-state index in [1.165, 1.54) is 6.33 Å². The van der Waals surface area contributed by atoms with Crippen molar-refractivity contribution < 1.29 is 14.3 Å². The number of nitrogens with zero attached hydrogens (tertiary/aromatic N) is 4. The van der Waals surface area contributed by atoms with E-state index in [9.17, 15) is 9.59 Å². The fourth-order valence-electron chi connectivity index (χ4n) is 3.59. The summed E-state index contributed by atoms with van der Waals surface area (Å²) < 4.78 is 7.34. The summed E-state index contributed by atoms with van der Waals surface area (Å²) in [7, 11) is 0. The van der Waals surface area contributed by atoms with Gasteiger partial charge in [-0.1, -0.05) is 60.7 Å². The third-order valence-electron chi connectivity index (χ3n) is 5.22. The van der Waals surface area contributed by atoms with E-state index >= 15 is 0 Å². The SMILES string of the molecule is Cc1nc2ncnn2c(C)c1CCC(=O)O[C@H](C(=O)c1ccccc1)c1ccccc1. The highest BCUT2D eigenvalue weighted by atomic mass is 16.5. The molecule has 0 amide bonds. The van der Waals surface area contributed by atoms with Crippen LogP contribution in [0.3, 0.4) is 0 Å². The highest BCUT2D eigenvalue weighted by molar-refractivity contribution is 6.01. The zero-order valence-electron chi connectivity index (χ0n) is 17.4. The summed E-state index contributed by atoms with van der Waals surface area (Å²) in [5.41, 5.74) is 3.73. The maximum Gasteiger partial charge on any atom is 0.307 e. The second kappa shape index (κ2) is 8.87. The molecular weight excluding hydrogens is 392 g/mol. The van der Waals surface area contributed by atoms with E-state index < -0.39 is 12.1 Å². The van der Waals surface area contributed by atoms with E-state index in [0.717, 1.165) is 17.0 Å². The first-order chi connectivity index (χ1) is 15.0. The minimum atomic E-state index is -0.991. The van der Waals surface area contributed by atoms with Gasteiger partial charge in [-0.25, -0.2) is 9.50 Å². The molecule has 0 N–H and O–H groups in total. The number of aromatic nitrogens is 4. The summed E-state index contributed by atoms with van der Waals surface area (Å²) in [4.78, 5) is 34.4. The van der Waals surface area contributed by atoms with Crippen molar-refractivity contribution in [2.75, 3.05) is 0 Å². The van der Waals surface area contributed by atoms with Crippen LogP contribution in [0.5, 0.6) is 0 Å². The van der Waals surface area contributed by atoms with Gasteiger partial charge in [0.15, 0.2) is 6.10 Å². The molecule has 0 aliphatic carbocycles. The summed E-state index contributed by atoms with van der Waals surface area (Å²) in [5.74, 6) is -0.173. The van der Waals surface area contributed by atoms with E-state index in [-0.39, 0.29) is 12.2 Å². The van der Waals surface area contributed by atoms with Gasteiger partial charge in [0.25, 0.3) is 5.78 Å². The maximum atomic E-state index is 13.1. The molecule has 0 spiro atoms. The number of fused-ring (bicyclic) bond motifs is 1. The molecule has 0 aliphatic rings. The van der Waals surface area contributed by atoms with E-state index in [2.05, 4.69) is 15.1 Å². The van der Waals surface area contributed by atoms with Crippen LogP contribution in [0.2, 0.25) is 0 Å². The molecule has 7 nitrogen and oxygen atoms in total. The van der Waals surface area contributed by atoms with Crippen molar-refractivity contribution in [2.24, 2.45) is 0 Å². The van der Waals surface area contributed by atoms with Crippen LogP contribution in [-0.4, -0.2) is 31.3 Å². The second-order valence-electron chi connectivity index (χ2n) is 7.24. The average molecular weight is 414 g/mol. The first-order valence-electron chi connectivity index (χ1n) is 10.0. The third-order valence-corrected chi connectivity index (χ3v) is 5.22. The Balaban J connectivity index is 1.52. The molecule has 4 rings (SSSR count). The number of Topliss-reactive ketones (excluding diaryl/α,β-unsaturated/α-hetero) is 1. The fraction of sp³-hybridized carbons (Fsp3) is 0.208. The third kappa shape index (κ3) is 4.35. The van der Waals surface area contributed by atoms with E-state index in [1.54, 1.807) is 40.9 Å². The van der Waals surface area contributed by atoms with Crippen LogP contribution in [0, 0.1) is 13.8 Å². The van der Waals surface area contributed by atoms with Crippen molar-refractivity contribution in [1.29, 1.82) is 0 Å². The van der Waals surface area contributed by atoms with Crippen molar-refractivity contribution in [3.63, 3.8) is 0 Å². The molecule has 0 fully saturated rings. The lowest BCUT2D eigenvalue weighted by Crippen LogP contribution is -2.20. The lowest BCUT2D eigenvalue weighted by molar-refractivity contribution is -0.147. The Morgan fingerprint density at radius 2 is 1.68 bits per heavy atom. The molecule has 2 aromatic carbocycles. The van der Waals surface area contributed by atoms with Gasteiger partial charge in [0.05, 0.1) is 0 Å². The van der Waals surface area contributed by atoms with Crippen molar-refractivity contribution in [1.82, 2.24) is 19.6 Å².